The van der Waals surface area contributed by atoms with Gasteiger partial charge in [-0.1, -0.05) is 24.3 Å². The zero-order chi connectivity index (χ0) is 26.4. The Morgan fingerprint density at radius 2 is 1.79 bits per heavy atom. The van der Waals surface area contributed by atoms with Crippen LogP contribution in [0.4, 0.5) is 13.2 Å². The number of nitrogens with zero attached hydrogens (tertiary/aromatic N) is 2. The number of pyridine rings is 2. The van der Waals surface area contributed by atoms with Gasteiger partial charge in [0.25, 0.3) is 0 Å². The second-order valence-corrected chi connectivity index (χ2v) is 9.43. The summed E-state index contributed by atoms with van der Waals surface area (Å²) < 4.78 is 53.8. The molecule has 4 aromatic rings. The molecule has 0 spiro atoms. The average Bonchev–Trinajstić information content (AvgIpc) is 3.74. The summed E-state index contributed by atoms with van der Waals surface area (Å²) in [6.07, 6.45) is 2.65. The zero-order valence-corrected chi connectivity index (χ0v) is 21.0. The first kappa shape index (κ1) is 26.2. The van der Waals surface area contributed by atoms with E-state index in [1.165, 1.54) is 12.1 Å². The Morgan fingerprint density at radius 1 is 0.921 bits per heavy atom. The van der Waals surface area contributed by atoms with E-state index < -0.39 is 6.36 Å². The molecule has 0 aliphatic heterocycles. The lowest BCUT2D eigenvalue weighted by Gasteiger charge is -2.13. The van der Waals surface area contributed by atoms with Gasteiger partial charge >= 0.3 is 6.36 Å². The van der Waals surface area contributed by atoms with Crippen molar-refractivity contribution in [2.24, 2.45) is 0 Å². The number of halogens is 3. The minimum absolute atomic E-state index is 0.141. The smallest absolute Gasteiger partial charge is 0.475 e. The zero-order valence-electron chi connectivity index (χ0n) is 21.0. The number of hydrogen-bond donors (Lipinski definition) is 1. The number of alkyl halides is 3. The van der Waals surface area contributed by atoms with Crippen molar-refractivity contribution in [1.29, 1.82) is 0 Å². The summed E-state index contributed by atoms with van der Waals surface area (Å²) in [5.41, 5.74) is 2.58. The van der Waals surface area contributed by atoms with Crippen molar-refractivity contribution in [3.63, 3.8) is 0 Å². The normalized spacial score (nSPS) is 13.8. The fraction of sp³-hybridized carbons (Fsp3) is 0.379. The van der Waals surface area contributed by atoms with E-state index in [2.05, 4.69) is 20.0 Å². The molecule has 200 valence electrons. The van der Waals surface area contributed by atoms with Crippen LogP contribution in [0.5, 0.6) is 11.6 Å². The van der Waals surface area contributed by atoms with Crippen LogP contribution in [0, 0.1) is 0 Å². The fourth-order valence-corrected chi connectivity index (χ4v) is 4.49. The maximum Gasteiger partial charge on any atom is 0.573 e. The minimum Gasteiger partial charge on any atom is -0.475 e. The van der Waals surface area contributed by atoms with Crippen molar-refractivity contribution in [3.8, 4) is 11.6 Å². The van der Waals surface area contributed by atoms with Gasteiger partial charge in [0.2, 0.25) is 5.88 Å². The van der Waals surface area contributed by atoms with Gasteiger partial charge in [-0.15, -0.1) is 13.2 Å². The van der Waals surface area contributed by atoms with Gasteiger partial charge in [0.15, 0.2) is 0 Å². The van der Waals surface area contributed by atoms with Crippen LogP contribution in [-0.2, 0) is 11.3 Å². The van der Waals surface area contributed by atoms with Crippen molar-refractivity contribution < 1.29 is 27.4 Å². The van der Waals surface area contributed by atoms with E-state index in [1.54, 1.807) is 6.20 Å². The highest BCUT2D eigenvalue weighted by Crippen LogP contribution is 2.42. The van der Waals surface area contributed by atoms with Crippen molar-refractivity contribution in [1.82, 2.24) is 15.3 Å². The van der Waals surface area contributed by atoms with Crippen LogP contribution in [0.3, 0.4) is 0 Å². The van der Waals surface area contributed by atoms with E-state index >= 15 is 0 Å². The van der Waals surface area contributed by atoms with Crippen LogP contribution in [0.2, 0.25) is 0 Å². The van der Waals surface area contributed by atoms with E-state index in [4.69, 9.17) is 9.47 Å². The van der Waals surface area contributed by atoms with Gasteiger partial charge in [-0.25, -0.2) is 4.98 Å². The van der Waals surface area contributed by atoms with Gasteiger partial charge in [-0.3, -0.25) is 4.98 Å². The van der Waals surface area contributed by atoms with E-state index in [1.807, 2.05) is 42.6 Å². The van der Waals surface area contributed by atoms with Crippen molar-refractivity contribution in [2.75, 3.05) is 26.4 Å². The summed E-state index contributed by atoms with van der Waals surface area (Å²) in [5.74, 6) is 0.778. The number of fused-ring (bicyclic) bond motifs is 3. The monoisotopic (exact) mass is 525 g/mol. The fourth-order valence-electron chi connectivity index (χ4n) is 4.49. The summed E-state index contributed by atoms with van der Waals surface area (Å²) in [7, 11) is 0. The standard InChI is InChI=1S/C29H30F3N3O3/c30-29(31,32)38-23-16-20(15-22(17-23)21-7-8-21)18-33-10-3-4-12-36-13-14-37-28-25-9-11-34-19-26(25)24-5-1-2-6-27(24)35-28/h1-2,5-6,9,11,15-17,19,21,33H,3-4,7-8,10,12-14,18H2. The quantitative estimate of drug-likeness (QED) is 0.158. The first-order valence-corrected chi connectivity index (χ1v) is 12.9. The molecular weight excluding hydrogens is 495 g/mol. The lowest BCUT2D eigenvalue weighted by atomic mass is 10.1. The maximum atomic E-state index is 12.7. The van der Waals surface area contributed by atoms with E-state index in [9.17, 15) is 13.2 Å². The molecule has 38 heavy (non-hydrogen) atoms. The maximum absolute atomic E-state index is 12.7. The Balaban J connectivity index is 1.01. The molecule has 9 heteroatoms. The molecule has 2 heterocycles. The summed E-state index contributed by atoms with van der Waals surface area (Å²) >= 11 is 0. The Morgan fingerprint density at radius 3 is 2.63 bits per heavy atom. The number of ether oxygens (including phenoxy) is 3. The number of benzene rings is 2. The number of rotatable bonds is 13. The summed E-state index contributed by atoms with van der Waals surface area (Å²) in [6.45, 7) is 2.67. The predicted molar refractivity (Wildman–Crippen MR) is 139 cm³/mol. The van der Waals surface area contributed by atoms with Crippen molar-refractivity contribution in [3.05, 3.63) is 72.1 Å². The van der Waals surface area contributed by atoms with Crippen molar-refractivity contribution >= 4 is 21.7 Å². The molecule has 0 bridgehead atoms. The Bertz CT molecular complexity index is 1380. The third-order valence-electron chi connectivity index (χ3n) is 6.43. The molecule has 2 aromatic heterocycles. The molecule has 1 saturated carbocycles. The number of aromatic nitrogens is 2. The van der Waals surface area contributed by atoms with Crippen LogP contribution >= 0.6 is 0 Å². The van der Waals surface area contributed by atoms with Crippen LogP contribution in [-0.4, -0.2) is 42.7 Å². The van der Waals surface area contributed by atoms with Gasteiger partial charge in [0, 0.05) is 41.7 Å². The SMILES string of the molecule is FC(F)(F)Oc1cc(CNCCCCOCCOc2nc3ccccc3c3cnccc23)cc(C2CC2)c1. The Labute approximate surface area is 219 Å². The molecule has 0 unspecified atom stereocenters. The predicted octanol–water partition coefficient (Wildman–Crippen LogP) is 6.52. The van der Waals surface area contributed by atoms with Gasteiger partial charge in [0.1, 0.15) is 12.4 Å². The van der Waals surface area contributed by atoms with Gasteiger partial charge in [-0.2, -0.15) is 0 Å². The molecule has 0 amide bonds. The van der Waals surface area contributed by atoms with Crippen LogP contribution in [0.1, 0.15) is 42.7 Å². The lowest BCUT2D eigenvalue weighted by molar-refractivity contribution is -0.274. The second-order valence-electron chi connectivity index (χ2n) is 9.43. The molecule has 1 fully saturated rings. The number of hydrogen-bond acceptors (Lipinski definition) is 6. The molecule has 1 aliphatic rings. The van der Waals surface area contributed by atoms with Gasteiger partial charge in [-0.05, 0) is 73.5 Å². The van der Waals surface area contributed by atoms with E-state index in [0.29, 0.717) is 38.2 Å². The molecule has 6 nitrogen and oxygen atoms in total. The minimum atomic E-state index is -4.69. The molecule has 1 aliphatic carbocycles. The van der Waals surface area contributed by atoms with Crippen molar-refractivity contribution in [2.45, 2.75) is 44.5 Å². The van der Waals surface area contributed by atoms with Gasteiger partial charge in [0.05, 0.1) is 12.1 Å². The number of para-hydroxylation sites is 1. The summed E-state index contributed by atoms with van der Waals surface area (Å²) in [5, 5.41) is 6.27. The average molecular weight is 526 g/mol. The third-order valence-corrected chi connectivity index (χ3v) is 6.43. The molecule has 1 N–H and O–H groups in total. The lowest BCUT2D eigenvalue weighted by Crippen LogP contribution is -2.18. The summed E-state index contributed by atoms with van der Waals surface area (Å²) in [6, 6.07) is 14.8. The highest BCUT2D eigenvalue weighted by Gasteiger charge is 2.32. The highest BCUT2D eigenvalue weighted by molar-refractivity contribution is 6.07. The third kappa shape index (κ3) is 7.11. The van der Waals surface area contributed by atoms with Gasteiger partial charge < -0.3 is 19.5 Å². The largest absolute Gasteiger partial charge is 0.573 e. The first-order valence-electron chi connectivity index (χ1n) is 12.9. The molecule has 0 atom stereocenters. The molecule has 0 saturated heterocycles. The number of unbranched alkanes of at least 4 members (excludes halogenated alkanes) is 1. The topological polar surface area (TPSA) is 65.5 Å². The second kappa shape index (κ2) is 12.0. The van der Waals surface area contributed by atoms with E-state index in [0.717, 1.165) is 65.0 Å². The number of nitrogens with one attached hydrogen (secondary N) is 1. The van der Waals surface area contributed by atoms with Crippen LogP contribution in [0.25, 0.3) is 21.7 Å². The highest BCUT2D eigenvalue weighted by atomic mass is 19.4. The van der Waals surface area contributed by atoms with E-state index in [-0.39, 0.29) is 5.75 Å². The molecule has 5 rings (SSSR count). The molecule has 0 radical (unpaired) electrons. The van der Waals surface area contributed by atoms with Crippen LogP contribution < -0.4 is 14.8 Å². The first-order chi connectivity index (χ1) is 18.5. The van der Waals surface area contributed by atoms with Crippen LogP contribution in [0.15, 0.2) is 60.9 Å². The molecular formula is C29H30F3N3O3. The Hall–Kier alpha value is -3.43. The Kier molecular flexibility index (Phi) is 8.24. The summed E-state index contributed by atoms with van der Waals surface area (Å²) in [4.78, 5) is 8.90. The molecule has 2 aromatic carbocycles.